The average molecular weight is 362 g/mol. The van der Waals surface area contributed by atoms with Crippen LogP contribution in [0.2, 0.25) is 0 Å². The molecular formula is C19H30N4O3. The molecule has 0 aromatic heterocycles. The van der Waals surface area contributed by atoms with E-state index in [-0.39, 0.29) is 5.54 Å². The second-order valence-electron chi connectivity index (χ2n) is 7.02. The fourth-order valence-corrected chi connectivity index (χ4v) is 3.42. The zero-order valence-corrected chi connectivity index (χ0v) is 16.0. The molecule has 1 fully saturated rings. The van der Waals surface area contributed by atoms with Crippen molar-refractivity contribution in [2.24, 2.45) is 4.99 Å². The van der Waals surface area contributed by atoms with Gasteiger partial charge in [0.05, 0.1) is 0 Å². The Morgan fingerprint density at radius 3 is 2.65 bits per heavy atom. The number of hydrogen-bond donors (Lipinski definition) is 2. The van der Waals surface area contributed by atoms with E-state index < -0.39 is 0 Å². The molecule has 0 aliphatic carbocycles. The summed E-state index contributed by atoms with van der Waals surface area (Å²) in [5.74, 6) is 2.49. The summed E-state index contributed by atoms with van der Waals surface area (Å²) < 4.78 is 16.3. The van der Waals surface area contributed by atoms with Crippen molar-refractivity contribution in [1.29, 1.82) is 0 Å². The number of guanidine groups is 1. The molecule has 0 bridgehead atoms. The number of ether oxygens (including phenoxy) is 3. The lowest BCUT2D eigenvalue weighted by molar-refractivity contribution is -0.00501. The van der Waals surface area contributed by atoms with Crippen molar-refractivity contribution in [1.82, 2.24) is 15.5 Å². The quantitative estimate of drug-likeness (QED) is 0.586. The van der Waals surface area contributed by atoms with Crippen LogP contribution < -0.4 is 20.1 Å². The molecule has 0 atom stereocenters. The van der Waals surface area contributed by atoms with Gasteiger partial charge in [0.15, 0.2) is 17.5 Å². The summed E-state index contributed by atoms with van der Waals surface area (Å²) in [4.78, 5) is 6.66. The van der Waals surface area contributed by atoms with E-state index in [1.807, 2.05) is 19.2 Å². The van der Waals surface area contributed by atoms with E-state index in [9.17, 15) is 0 Å². The van der Waals surface area contributed by atoms with Crippen molar-refractivity contribution in [2.75, 3.05) is 54.2 Å². The van der Waals surface area contributed by atoms with E-state index in [2.05, 4.69) is 40.7 Å². The predicted octanol–water partition coefficient (Wildman–Crippen LogP) is 1.23. The highest BCUT2D eigenvalue weighted by molar-refractivity contribution is 5.79. The Morgan fingerprint density at radius 2 is 1.92 bits per heavy atom. The smallest absolute Gasteiger partial charge is 0.231 e. The third-order valence-corrected chi connectivity index (χ3v) is 5.32. The van der Waals surface area contributed by atoms with Crippen molar-refractivity contribution in [3.63, 3.8) is 0 Å². The molecule has 26 heavy (non-hydrogen) atoms. The molecule has 0 saturated carbocycles. The van der Waals surface area contributed by atoms with Crippen LogP contribution in [0.3, 0.4) is 0 Å². The van der Waals surface area contributed by atoms with E-state index >= 15 is 0 Å². The van der Waals surface area contributed by atoms with Crippen molar-refractivity contribution >= 4 is 5.96 Å². The zero-order valence-electron chi connectivity index (χ0n) is 16.0. The molecule has 7 heteroatoms. The summed E-state index contributed by atoms with van der Waals surface area (Å²) in [6.07, 6.45) is 2.95. The standard InChI is InChI=1S/C19H30N4O3/c1-20-18(22-13-19(23(2)3)7-10-24-11-8-19)21-9-6-15-4-5-16-17(12-15)26-14-25-16/h4-5,12H,6-11,13-14H2,1-3H3,(H2,20,21,22). The SMILES string of the molecule is CN=C(NCCc1ccc2c(c1)OCO2)NCC1(N(C)C)CCOCC1. The second-order valence-corrected chi connectivity index (χ2v) is 7.02. The number of nitrogens with one attached hydrogen (secondary N) is 2. The maximum atomic E-state index is 5.53. The molecule has 0 unspecified atom stereocenters. The Labute approximate surface area is 155 Å². The highest BCUT2D eigenvalue weighted by atomic mass is 16.7. The summed E-state index contributed by atoms with van der Waals surface area (Å²) in [5, 5.41) is 6.88. The molecule has 1 aromatic rings. The maximum absolute atomic E-state index is 5.53. The molecule has 7 nitrogen and oxygen atoms in total. The Bertz CT molecular complexity index is 627. The summed E-state index contributed by atoms with van der Waals surface area (Å²) >= 11 is 0. The van der Waals surface area contributed by atoms with Gasteiger partial charge in [-0.15, -0.1) is 0 Å². The van der Waals surface area contributed by atoms with Crippen molar-refractivity contribution in [3.8, 4) is 11.5 Å². The first-order valence-electron chi connectivity index (χ1n) is 9.21. The molecule has 2 N–H and O–H groups in total. The maximum Gasteiger partial charge on any atom is 0.231 e. The summed E-state index contributed by atoms with van der Waals surface area (Å²) in [6, 6.07) is 6.09. The van der Waals surface area contributed by atoms with Crippen LogP contribution in [0.25, 0.3) is 0 Å². The molecule has 144 valence electrons. The molecule has 2 aliphatic rings. The van der Waals surface area contributed by atoms with Gasteiger partial charge in [0.25, 0.3) is 0 Å². The predicted molar refractivity (Wildman–Crippen MR) is 102 cm³/mol. The first-order valence-corrected chi connectivity index (χ1v) is 9.21. The average Bonchev–Trinajstić information content (AvgIpc) is 3.13. The van der Waals surface area contributed by atoms with Gasteiger partial charge in [-0.2, -0.15) is 0 Å². The van der Waals surface area contributed by atoms with Crippen LogP contribution in [0.5, 0.6) is 11.5 Å². The fraction of sp³-hybridized carbons (Fsp3) is 0.632. The van der Waals surface area contributed by atoms with E-state index in [1.165, 1.54) is 5.56 Å². The first kappa shape index (κ1) is 18.8. The third-order valence-electron chi connectivity index (χ3n) is 5.32. The molecule has 2 heterocycles. The van der Waals surface area contributed by atoms with E-state index in [0.29, 0.717) is 6.79 Å². The van der Waals surface area contributed by atoms with Crippen LogP contribution >= 0.6 is 0 Å². The van der Waals surface area contributed by atoms with E-state index in [1.54, 1.807) is 0 Å². The van der Waals surface area contributed by atoms with Crippen LogP contribution in [0.15, 0.2) is 23.2 Å². The highest BCUT2D eigenvalue weighted by Crippen LogP contribution is 2.32. The topological polar surface area (TPSA) is 67.4 Å². The molecule has 0 spiro atoms. The molecule has 3 rings (SSSR count). The number of rotatable bonds is 6. The Balaban J connectivity index is 1.47. The molecule has 2 aliphatic heterocycles. The van der Waals surface area contributed by atoms with Crippen molar-refractivity contribution < 1.29 is 14.2 Å². The lowest BCUT2D eigenvalue weighted by atomic mass is 9.88. The Hall–Kier alpha value is -1.99. The van der Waals surface area contributed by atoms with Crippen LogP contribution in [0, 0.1) is 0 Å². The summed E-state index contributed by atoms with van der Waals surface area (Å²) in [7, 11) is 6.09. The lowest BCUT2D eigenvalue weighted by Crippen LogP contribution is -2.57. The fourth-order valence-electron chi connectivity index (χ4n) is 3.42. The Kier molecular flexibility index (Phi) is 6.21. The minimum atomic E-state index is 0.118. The van der Waals surface area contributed by atoms with Gasteiger partial charge in [-0.05, 0) is 51.1 Å². The molecule has 0 amide bonds. The van der Waals surface area contributed by atoms with Gasteiger partial charge < -0.3 is 29.7 Å². The highest BCUT2D eigenvalue weighted by Gasteiger charge is 2.34. The minimum absolute atomic E-state index is 0.118. The van der Waals surface area contributed by atoms with Crippen LogP contribution in [0.1, 0.15) is 18.4 Å². The molecule has 1 aromatic carbocycles. The number of fused-ring (bicyclic) bond motifs is 1. The van der Waals surface area contributed by atoms with Crippen LogP contribution in [-0.2, 0) is 11.2 Å². The first-order chi connectivity index (χ1) is 12.6. The van der Waals surface area contributed by atoms with Gasteiger partial charge in [-0.1, -0.05) is 6.07 Å². The van der Waals surface area contributed by atoms with Gasteiger partial charge in [0.1, 0.15) is 0 Å². The number of benzene rings is 1. The summed E-state index contributed by atoms with van der Waals surface area (Å²) in [5.41, 5.74) is 1.33. The number of aliphatic imine (C=N–C) groups is 1. The summed E-state index contributed by atoms with van der Waals surface area (Å²) in [6.45, 7) is 3.60. The normalized spacial score (nSPS) is 18.8. The van der Waals surface area contributed by atoms with Gasteiger partial charge >= 0.3 is 0 Å². The second kappa shape index (κ2) is 8.60. The van der Waals surface area contributed by atoms with E-state index in [0.717, 1.165) is 63.0 Å². The van der Waals surface area contributed by atoms with Crippen LogP contribution in [-0.4, -0.2) is 70.6 Å². The zero-order chi connectivity index (χ0) is 18.4. The van der Waals surface area contributed by atoms with Gasteiger partial charge in [-0.25, -0.2) is 0 Å². The molecule has 0 radical (unpaired) electrons. The Morgan fingerprint density at radius 1 is 1.15 bits per heavy atom. The van der Waals surface area contributed by atoms with Crippen molar-refractivity contribution in [2.45, 2.75) is 24.8 Å². The van der Waals surface area contributed by atoms with E-state index in [4.69, 9.17) is 14.2 Å². The number of hydrogen-bond acceptors (Lipinski definition) is 5. The van der Waals surface area contributed by atoms with Gasteiger partial charge in [0.2, 0.25) is 6.79 Å². The lowest BCUT2D eigenvalue weighted by Gasteiger charge is -2.43. The molecular weight excluding hydrogens is 332 g/mol. The number of likely N-dealkylation sites (N-methyl/N-ethyl adjacent to an activating group) is 1. The van der Waals surface area contributed by atoms with Crippen molar-refractivity contribution in [3.05, 3.63) is 23.8 Å². The van der Waals surface area contributed by atoms with Gasteiger partial charge in [-0.3, -0.25) is 4.99 Å². The minimum Gasteiger partial charge on any atom is -0.454 e. The monoisotopic (exact) mass is 362 g/mol. The third kappa shape index (κ3) is 4.40. The number of nitrogens with zero attached hydrogens (tertiary/aromatic N) is 2. The molecule has 1 saturated heterocycles. The van der Waals surface area contributed by atoms with Crippen LogP contribution in [0.4, 0.5) is 0 Å². The largest absolute Gasteiger partial charge is 0.454 e. The van der Waals surface area contributed by atoms with Gasteiger partial charge in [0, 0.05) is 38.9 Å².